The van der Waals surface area contributed by atoms with Crippen molar-refractivity contribution in [3.8, 4) is 0 Å². The van der Waals surface area contributed by atoms with E-state index in [-0.39, 0.29) is 23.7 Å². The second-order valence-corrected chi connectivity index (χ2v) is 8.55. The van der Waals surface area contributed by atoms with Crippen molar-refractivity contribution >= 4 is 21.6 Å². The molecule has 3 aromatic rings. The van der Waals surface area contributed by atoms with Crippen LogP contribution in [0.15, 0.2) is 89.8 Å². The van der Waals surface area contributed by atoms with Gasteiger partial charge in [-0.05, 0) is 42.0 Å². The standard InChI is InChI=1S/C23H23FN2O4S/c24-20-11-13-21(14-12-20)26(31(28,29)22-9-5-2-6-10-22)17-23(27)25-15-16-30-18-19-7-3-1-4-8-19/h1-14H,15-18H2,(H,25,27). The van der Waals surface area contributed by atoms with Crippen molar-refractivity contribution in [3.63, 3.8) is 0 Å². The maximum atomic E-state index is 13.3. The molecule has 1 N–H and O–H groups in total. The molecule has 0 saturated carbocycles. The van der Waals surface area contributed by atoms with Crippen molar-refractivity contribution in [1.29, 1.82) is 0 Å². The molecule has 0 aliphatic rings. The summed E-state index contributed by atoms with van der Waals surface area (Å²) in [6.45, 7) is 0.485. The van der Waals surface area contributed by atoms with Gasteiger partial charge in [-0.2, -0.15) is 0 Å². The molecule has 0 bridgehead atoms. The number of carbonyl (C=O) groups excluding carboxylic acids is 1. The van der Waals surface area contributed by atoms with Crippen molar-refractivity contribution in [3.05, 3.63) is 96.3 Å². The first-order valence-electron chi connectivity index (χ1n) is 9.68. The van der Waals surface area contributed by atoms with Crippen LogP contribution in [0.25, 0.3) is 0 Å². The summed E-state index contributed by atoms with van der Waals surface area (Å²) < 4.78 is 46.0. The average Bonchev–Trinajstić information content (AvgIpc) is 2.79. The minimum atomic E-state index is -4.01. The number of nitrogens with one attached hydrogen (secondary N) is 1. The van der Waals surface area contributed by atoms with Gasteiger partial charge in [0.2, 0.25) is 5.91 Å². The molecule has 162 valence electrons. The SMILES string of the molecule is O=C(CN(c1ccc(F)cc1)S(=O)(=O)c1ccccc1)NCCOCc1ccccc1. The van der Waals surface area contributed by atoms with Gasteiger partial charge in [0, 0.05) is 6.54 Å². The van der Waals surface area contributed by atoms with Gasteiger partial charge < -0.3 is 10.1 Å². The van der Waals surface area contributed by atoms with Gasteiger partial charge in [0.05, 0.1) is 23.8 Å². The smallest absolute Gasteiger partial charge is 0.264 e. The molecule has 1 amide bonds. The zero-order valence-corrected chi connectivity index (χ0v) is 17.6. The van der Waals surface area contributed by atoms with Crippen LogP contribution in [-0.4, -0.2) is 34.0 Å². The molecule has 0 aliphatic carbocycles. The van der Waals surface area contributed by atoms with E-state index in [0.29, 0.717) is 6.61 Å². The normalized spacial score (nSPS) is 11.1. The van der Waals surface area contributed by atoms with Crippen LogP contribution in [0.3, 0.4) is 0 Å². The highest BCUT2D eigenvalue weighted by Gasteiger charge is 2.27. The van der Waals surface area contributed by atoms with E-state index in [4.69, 9.17) is 4.74 Å². The van der Waals surface area contributed by atoms with Crippen LogP contribution in [0.4, 0.5) is 10.1 Å². The Hall–Kier alpha value is -3.23. The van der Waals surface area contributed by atoms with E-state index in [9.17, 15) is 17.6 Å². The van der Waals surface area contributed by atoms with E-state index < -0.39 is 28.3 Å². The zero-order chi connectivity index (χ0) is 22.1. The fraction of sp³-hybridized carbons (Fsp3) is 0.174. The number of carbonyl (C=O) groups is 1. The van der Waals surface area contributed by atoms with Crippen molar-refractivity contribution < 1.29 is 22.3 Å². The fourth-order valence-corrected chi connectivity index (χ4v) is 4.30. The molecule has 0 aliphatic heterocycles. The van der Waals surface area contributed by atoms with Gasteiger partial charge in [0.25, 0.3) is 10.0 Å². The largest absolute Gasteiger partial charge is 0.375 e. The predicted octanol–water partition coefficient (Wildman–Crippen LogP) is 3.35. The highest BCUT2D eigenvalue weighted by Crippen LogP contribution is 2.23. The molecule has 0 aromatic heterocycles. The van der Waals surface area contributed by atoms with Crippen LogP contribution >= 0.6 is 0 Å². The lowest BCUT2D eigenvalue weighted by molar-refractivity contribution is -0.119. The molecule has 31 heavy (non-hydrogen) atoms. The van der Waals surface area contributed by atoms with E-state index in [2.05, 4.69) is 5.32 Å². The Labute approximate surface area is 181 Å². The lowest BCUT2D eigenvalue weighted by Gasteiger charge is -2.24. The van der Waals surface area contributed by atoms with Crippen LogP contribution in [0.2, 0.25) is 0 Å². The molecule has 0 atom stereocenters. The summed E-state index contributed by atoms with van der Waals surface area (Å²) in [5.41, 5.74) is 1.21. The predicted molar refractivity (Wildman–Crippen MR) is 116 cm³/mol. The van der Waals surface area contributed by atoms with Gasteiger partial charge in [-0.3, -0.25) is 9.10 Å². The Morgan fingerprint density at radius 1 is 0.903 bits per heavy atom. The lowest BCUT2D eigenvalue weighted by atomic mass is 10.2. The third-order valence-electron chi connectivity index (χ3n) is 4.41. The summed E-state index contributed by atoms with van der Waals surface area (Å²) in [5.74, 6) is -0.993. The number of rotatable bonds is 10. The number of amides is 1. The molecule has 0 saturated heterocycles. The molecule has 8 heteroatoms. The Kier molecular flexibility index (Phi) is 7.75. The van der Waals surface area contributed by atoms with Crippen LogP contribution < -0.4 is 9.62 Å². The topological polar surface area (TPSA) is 75.7 Å². The van der Waals surface area contributed by atoms with Crippen molar-refractivity contribution in [2.75, 3.05) is 24.0 Å². The van der Waals surface area contributed by atoms with E-state index >= 15 is 0 Å². The fourth-order valence-electron chi connectivity index (χ4n) is 2.86. The Morgan fingerprint density at radius 2 is 1.52 bits per heavy atom. The van der Waals surface area contributed by atoms with Crippen LogP contribution in [-0.2, 0) is 26.2 Å². The highest BCUT2D eigenvalue weighted by atomic mass is 32.2. The molecule has 6 nitrogen and oxygen atoms in total. The minimum absolute atomic E-state index is 0.0401. The lowest BCUT2D eigenvalue weighted by Crippen LogP contribution is -2.41. The molecule has 0 spiro atoms. The summed E-state index contributed by atoms with van der Waals surface area (Å²) >= 11 is 0. The number of benzene rings is 3. The van der Waals surface area contributed by atoms with E-state index in [1.165, 1.54) is 24.3 Å². The number of sulfonamides is 1. The second-order valence-electron chi connectivity index (χ2n) is 6.69. The first kappa shape index (κ1) is 22.5. The summed E-state index contributed by atoms with van der Waals surface area (Å²) in [7, 11) is -4.01. The monoisotopic (exact) mass is 442 g/mol. The summed E-state index contributed by atoms with van der Waals surface area (Å²) in [6, 6.07) is 22.4. The Bertz CT molecular complexity index is 1080. The van der Waals surface area contributed by atoms with Crippen molar-refractivity contribution in [2.45, 2.75) is 11.5 Å². The quantitative estimate of drug-likeness (QED) is 0.489. The van der Waals surface area contributed by atoms with Crippen molar-refractivity contribution in [2.24, 2.45) is 0 Å². The maximum absolute atomic E-state index is 13.3. The number of hydrogen-bond donors (Lipinski definition) is 1. The highest BCUT2D eigenvalue weighted by molar-refractivity contribution is 7.92. The average molecular weight is 443 g/mol. The summed E-state index contributed by atoms with van der Waals surface area (Å²) in [6.07, 6.45) is 0. The first-order valence-corrected chi connectivity index (χ1v) is 11.1. The molecule has 0 unspecified atom stereocenters. The molecule has 3 rings (SSSR count). The van der Waals surface area contributed by atoms with E-state index in [1.807, 2.05) is 30.3 Å². The zero-order valence-electron chi connectivity index (χ0n) is 16.8. The Balaban J connectivity index is 1.63. The molecular formula is C23H23FN2O4S. The second kappa shape index (κ2) is 10.7. The van der Waals surface area contributed by atoms with Crippen LogP contribution in [0, 0.1) is 5.82 Å². The third-order valence-corrected chi connectivity index (χ3v) is 6.20. The minimum Gasteiger partial charge on any atom is -0.375 e. The number of ether oxygens (including phenoxy) is 1. The molecular weight excluding hydrogens is 419 g/mol. The number of halogens is 1. The van der Waals surface area contributed by atoms with Gasteiger partial charge in [0.15, 0.2) is 0 Å². The number of hydrogen-bond acceptors (Lipinski definition) is 4. The first-order chi connectivity index (χ1) is 15.0. The van der Waals surface area contributed by atoms with Gasteiger partial charge in [-0.15, -0.1) is 0 Å². The summed E-state index contributed by atoms with van der Waals surface area (Å²) in [4.78, 5) is 12.5. The van der Waals surface area contributed by atoms with Crippen LogP contribution in [0.5, 0.6) is 0 Å². The molecule has 0 heterocycles. The van der Waals surface area contributed by atoms with Gasteiger partial charge in [-0.25, -0.2) is 12.8 Å². The maximum Gasteiger partial charge on any atom is 0.264 e. The van der Waals surface area contributed by atoms with Gasteiger partial charge in [-0.1, -0.05) is 48.5 Å². The van der Waals surface area contributed by atoms with Crippen LogP contribution in [0.1, 0.15) is 5.56 Å². The van der Waals surface area contributed by atoms with Crippen molar-refractivity contribution in [1.82, 2.24) is 5.32 Å². The molecule has 3 aromatic carbocycles. The van der Waals surface area contributed by atoms with Gasteiger partial charge in [0.1, 0.15) is 12.4 Å². The molecule has 0 radical (unpaired) electrons. The number of nitrogens with zero attached hydrogens (tertiary/aromatic N) is 1. The Morgan fingerprint density at radius 3 is 2.16 bits per heavy atom. The van der Waals surface area contributed by atoms with E-state index in [1.54, 1.807) is 18.2 Å². The van der Waals surface area contributed by atoms with E-state index in [0.717, 1.165) is 22.0 Å². The third kappa shape index (κ3) is 6.37. The van der Waals surface area contributed by atoms with Gasteiger partial charge >= 0.3 is 0 Å². The summed E-state index contributed by atoms with van der Waals surface area (Å²) in [5, 5.41) is 2.66. The molecule has 0 fully saturated rings. The number of anilines is 1.